The van der Waals surface area contributed by atoms with Crippen LogP contribution in [0, 0.1) is 0 Å². The van der Waals surface area contributed by atoms with E-state index in [1.807, 2.05) is 6.07 Å². The van der Waals surface area contributed by atoms with E-state index in [-0.39, 0.29) is 17.4 Å². The van der Waals surface area contributed by atoms with Crippen LogP contribution in [0.25, 0.3) is 0 Å². The van der Waals surface area contributed by atoms with Gasteiger partial charge in [-0.25, -0.2) is 0 Å². The molecule has 2 aromatic rings. The van der Waals surface area contributed by atoms with Crippen molar-refractivity contribution in [3.63, 3.8) is 0 Å². The van der Waals surface area contributed by atoms with Gasteiger partial charge in [0, 0.05) is 26.3 Å². The highest BCUT2D eigenvalue weighted by molar-refractivity contribution is 5.94. The maximum atomic E-state index is 12.7. The molecular weight excluding hydrogens is 356 g/mol. The van der Waals surface area contributed by atoms with Gasteiger partial charge in [-0.3, -0.25) is 4.79 Å². The quantitative estimate of drug-likeness (QED) is 0.658. The van der Waals surface area contributed by atoms with Gasteiger partial charge in [-0.05, 0) is 42.3 Å². The van der Waals surface area contributed by atoms with Crippen molar-refractivity contribution in [2.24, 2.45) is 0 Å². The molecule has 146 valence electrons. The monoisotopic (exact) mass is 379 g/mol. The highest BCUT2D eigenvalue weighted by Crippen LogP contribution is 2.30. The van der Waals surface area contributed by atoms with E-state index >= 15 is 0 Å². The summed E-state index contributed by atoms with van der Waals surface area (Å²) in [7, 11) is 3.27. The minimum absolute atomic E-state index is 0.0307. The lowest BCUT2D eigenvalue weighted by Crippen LogP contribution is -2.26. The van der Waals surface area contributed by atoms with Crippen LogP contribution in [0.1, 0.15) is 28.4 Å². The molecular formula is C20H23F2NO4. The van der Waals surface area contributed by atoms with Gasteiger partial charge in [0.05, 0.1) is 13.2 Å². The standard InChI is InChI=1S/C20H23F2NO4/c1-4-26-18-11-14(8-9-17(18)27-20(21)22)12-23(2)19(24)16-7-5-6-15(10-16)13-25-3/h5-11,20H,4,12-13H2,1-3H3. The Labute approximate surface area is 157 Å². The third-order valence-electron chi connectivity index (χ3n) is 3.78. The van der Waals surface area contributed by atoms with Gasteiger partial charge in [-0.1, -0.05) is 18.2 Å². The summed E-state index contributed by atoms with van der Waals surface area (Å²) in [6.07, 6.45) is 0. The van der Waals surface area contributed by atoms with Crippen LogP contribution in [-0.2, 0) is 17.9 Å². The Morgan fingerprint density at radius 3 is 2.56 bits per heavy atom. The first-order valence-electron chi connectivity index (χ1n) is 8.48. The molecule has 0 spiro atoms. The molecule has 0 N–H and O–H groups in total. The molecule has 0 aliphatic rings. The molecule has 0 unspecified atom stereocenters. The van der Waals surface area contributed by atoms with Gasteiger partial charge < -0.3 is 19.1 Å². The number of hydrogen-bond acceptors (Lipinski definition) is 4. The number of nitrogens with zero attached hydrogens (tertiary/aromatic N) is 1. The van der Waals surface area contributed by atoms with Gasteiger partial charge >= 0.3 is 6.61 Å². The number of methoxy groups -OCH3 is 1. The number of alkyl halides is 2. The van der Waals surface area contributed by atoms with Crippen molar-refractivity contribution in [3.05, 3.63) is 59.2 Å². The summed E-state index contributed by atoms with van der Waals surface area (Å²) in [4.78, 5) is 14.2. The predicted molar refractivity (Wildman–Crippen MR) is 97.2 cm³/mol. The lowest BCUT2D eigenvalue weighted by molar-refractivity contribution is -0.0514. The first-order chi connectivity index (χ1) is 12.9. The summed E-state index contributed by atoms with van der Waals surface area (Å²) in [6.45, 7) is -0.152. The minimum Gasteiger partial charge on any atom is -0.490 e. The average Bonchev–Trinajstić information content (AvgIpc) is 2.63. The molecule has 0 heterocycles. The Bertz CT molecular complexity index is 767. The number of amides is 1. The first-order valence-corrected chi connectivity index (χ1v) is 8.48. The second-order valence-corrected chi connectivity index (χ2v) is 5.89. The zero-order valence-electron chi connectivity index (χ0n) is 15.6. The fourth-order valence-corrected chi connectivity index (χ4v) is 2.64. The molecule has 0 saturated carbocycles. The lowest BCUT2D eigenvalue weighted by Gasteiger charge is -2.19. The number of benzene rings is 2. The van der Waals surface area contributed by atoms with Gasteiger partial charge in [0.25, 0.3) is 5.91 Å². The molecule has 2 aromatic carbocycles. The summed E-state index contributed by atoms with van der Waals surface area (Å²) in [5, 5.41) is 0. The lowest BCUT2D eigenvalue weighted by atomic mass is 10.1. The molecule has 27 heavy (non-hydrogen) atoms. The molecule has 1 amide bonds. The zero-order valence-corrected chi connectivity index (χ0v) is 15.6. The highest BCUT2D eigenvalue weighted by atomic mass is 19.3. The van der Waals surface area contributed by atoms with E-state index in [1.165, 1.54) is 6.07 Å². The van der Waals surface area contributed by atoms with E-state index in [9.17, 15) is 13.6 Å². The van der Waals surface area contributed by atoms with E-state index in [0.29, 0.717) is 25.3 Å². The molecule has 0 aliphatic carbocycles. The van der Waals surface area contributed by atoms with Crippen LogP contribution in [0.2, 0.25) is 0 Å². The predicted octanol–water partition coefficient (Wildman–Crippen LogP) is 4.11. The van der Waals surface area contributed by atoms with Crippen LogP contribution in [0.4, 0.5) is 8.78 Å². The van der Waals surface area contributed by atoms with Crippen molar-refractivity contribution in [3.8, 4) is 11.5 Å². The van der Waals surface area contributed by atoms with E-state index in [4.69, 9.17) is 9.47 Å². The van der Waals surface area contributed by atoms with Gasteiger partial charge in [0.2, 0.25) is 0 Å². The largest absolute Gasteiger partial charge is 0.490 e. The van der Waals surface area contributed by atoms with Crippen LogP contribution in [0.3, 0.4) is 0 Å². The maximum absolute atomic E-state index is 12.7. The first kappa shape index (κ1) is 20.6. The third-order valence-corrected chi connectivity index (χ3v) is 3.78. The number of halogens is 2. The topological polar surface area (TPSA) is 48.0 Å². The molecule has 7 heteroatoms. The van der Waals surface area contributed by atoms with Crippen molar-refractivity contribution in [1.82, 2.24) is 4.90 Å². The zero-order chi connectivity index (χ0) is 19.8. The number of carbonyl (C=O) groups excluding carboxylic acids is 1. The summed E-state index contributed by atoms with van der Waals surface area (Å²) in [6, 6.07) is 11.9. The summed E-state index contributed by atoms with van der Waals surface area (Å²) in [5.74, 6) is 0.0360. The smallest absolute Gasteiger partial charge is 0.387 e. The number of ether oxygens (including phenoxy) is 3. The summed E-state index contributed by atoms with van der Waals surface area (Å²) >= 11 is 0. The molecule has 0 aromatic heterocycles. The van der Waals surface area contributed by atoms with Crippen LogP contribution in [0.15, 0.2) is 42.5 Å². The molecule has 0 radical (unpaired) electrons. The van der Waals surface area contributed by atoms with Crippen molar-refractivity contribution in [2.75, 3.05) is 20.8 Å². The fraction of sp³-hybridized carbons (Fsp3) is 0.350. The maximum Gasteiger partial charge on any atom is 0.387 e. The second kappa shape index (κ2) is 9.87. The fourth-order valence-electron chi connectivity index (χ4n) is 2.64. The number of rotatable bonds is 9. The average molecular weight is 379 g/mol. The van der Waals surface area contributed by atoms with E-state index < -0.39 is 6.61 Å². The van der Waals surface area contributed by atoms with Gasteiger partial charge in [-0.15, -0.1) is 0 Å². The molecule has 2 rings (SSSR count). The molecule has 0 bridgehead atoms. The SMILES string of the molecule is CCOc1cc(CN(C)C(=O)c2cccc(COC)c2)ccc1OC(F)F. The Kier molecular flexibility index (Phi) is 7.55. The van der Waals surface area contributed by atoms with Crippen molar-refractivity contribution in [2.45, 2.75) is 26.7 Å². The highest BCUT2D eigenvalue weighted by Gasteiger charge is 2.15. The van der Waals surface area contributed by atoms with Gasteiger partial charge in [0.1, 0.15) is 0 Å². The van der Waals surface area contributed by atoms with Gasteiger partial charge in [-0.2, -0.15) is 8.78 Å². The normalized spacial score (nSPS) is 10.7. The molecule has 0 fully saturated rings. The number of carbonyl (C=O) groups is 1. The van der Waals surface area contributed by atoms with Gasteiger partial charge in [0.15, 0.2) is 11.5 Å². The second-order valence-electron chi connectivity index (χ2n) is 5.89. The van der Waals surface area contributed by atoms with Crippen molar-refractivity contribution in [1.29, 1.82) is 0 Å². The Morgan fingerprint density at radius 1 is 1.11 bits per heavy atom. The Morgan fingerprint density at radius 2 is 1.89 bits per heavy atom. The van der Waals surface area contributed by atoms with E-state index in [0.717, 1.165) is 11.1 Å². The summed E-state index contributed by atoms with van der Waals surface area (Å²) < 4.78 is 39.9. The van der Waals surface area contributed by atoms with Crippen molar-refractivity contribution < 1.29 is 27.8 Å². The Hall–Kier alpha value is -2.67. The van der Waals surface area contributed by atoms with Crippen LogP contribution < -0.4 is 9.47 Å². The van der Waals surface area contributed by atoms with Crippen LogP contribution in [-0.4, -0.2) is 38.2 Å². The Balaban J connectivity index is 2.14. The van der Waals surface area contributed by atoms with Crippen LogP contribution >= 0.6 is 0 Å². The molecule has 0 saturated heterocycles. The molecule has 0 atom stereocenters. The van der Waals surface area contributed by atoms with E-state index in [2.05, 4.69) is 4.74 Å². The number of hydrogen-bond donors (Lipinski definition) is 0. The molecule has 0 aliphatic heterocycles. The van der Waals surface area contributed by atoms with E-state index in [1.54, 1.807) is 56.3 Å². The van der Waals surface area contributed by atoms with Crippen LogP contribution in [0.5, 0.6) is 11.5 Å². The minimum atomic E-state index is -2.93. The van der Waals surface area contributed by atoms with Crippen molar-refractivity contribution >= 4 is 5.91 Å². The summed E-state index contributed by atoms with van der Waals surface area (Å²) in [5.41, 5.74) is 2.20. The third kappa shape index (κ3) is 5.92. The molecule has 5 nitrogen and oxygen atoms in total.